The first-order valence-corrected chi connectivity index (χ1v) is 8.17. The van der Waals surface area contributed by atoms with Crippen LogP contribution in [-0.4, -0.2) is 28.6 Å². The molecule has 1 saturated heterocycles. The van der Waals surface area contributed by atoms with Crippen LogP contribution in [0.4, 0.5) is 0 Å². The highest BCUT2D eigenvalue weighted by Crippen LogP contribution is 2.34. The summed E-state index contributed by atoms with van der Waals surface area (Å²) in [7, 11) is 0. The van der Waals surface area contributed by atoms with Crippen molar-refractivity contribution in [3.8, 4) is 0 Å². The first-order valence-electron chi connectivity index (χ1n) is 7.41. The largest absolute Gasteiger partial charge is 0.481 e. The molecule has 0 spiro atoms. The van der Waals surface area contributed by atoms with Crippen LogP contribution in [-0.2, 0) is 4.79 Å². The summed E-state index contributed by atoms with van der Waals surface area (Å²) in [5.74, 6) is -0.724. The average molecular weight is 330 g/mol. The fourth-order valence-corrected chi connectivity index (χ4v) is 3.72. The molecule has 21 heavy (non-hydrogen) atoms. The topological polar surface area (TPSA) is 40.5 Å². The van der Waals surface area contributed by atoms with Gasteiger partial charge >= 0.3 is 5.97 Å². The van der Waals surface area contributed by atoms with E-state index in [1.807, 2.05) is 12.1 Å². The summed E-state index contributed by atoms with van der Waals surface area (Å²) in [6.45, 7) is 3.12. The quantitative estimate of drug-likeness (QED) is 0.845. The Balaban J connectivity index is 2.13. The molecular weight excluding hydrogens is 309 g/mol. The van der Waals surface area contributed by atoms with E-state index in [1.54, 1.807) is 6.07 Å². The fraction of sp³-hybridized carbons (Fsp3) is 0.562. The zero-order valence-electron chi connectivity index (χ0n) is 12.2. The van der Waals surface area contributed by atoms with Crippen LogP contribution >= 0.6 is 23.2 Å². The Kier molecular flexibility index (Phi) is 5.91. The number of nitrogens with zero attached hydrogens (tertiary/aromatic N) is 1. The molecule has 1 aromatic rings. The Hall–Kier alpha value is -0.770. The van der Waals surface area contributed by atoms with E-state index in [0.29, 0.717) is 22.5 Å². The van der Waals surface area contributed by atoms with Gasteiger partial charge in [0.25, 0.3) is 0 Å². The Bertz CT molecular complexity index is 507. The SMILES string of the molecule is CC(c1ccc(Cl)cc1Cl)N1CCCCC1CCC(=O)O. The molecule has 0 amide bonds. The smallest absolute Gasteiger partial charge is 0.303 e. The number of piperidine rings is 1. The van der Waals surface area contributed by atoms with Gasteiger partial charge in [-0.3, -0.25) is 9.69 Å². The number of halogens is 2. The van der Waals surface area contributed by atoms with Crippen LogP contribution in [0.5, 0.6) is 0 Å². The van der Waals surface area contributed by atoms with Gasteiger partial charge in [-0.25, -0.2) is 0 Å². The number of carboxylic acids is 1. The first-order chi connectivity index (χ1) is 9.99. The molecule has 1 fully saturated rings. The summed E-state index contributed by atoms with van der Waals surface area (Å²) >= 11 is 12.3. The van der Waals surface area contributed by atoms with Crippen molar-refractivity contribution in [2.75, 3.05) is 6.54 Å². The molecule has 2 atom stereocenters. The first kappa shape index (κ1) is 16.6. The second-order valence-electron chi connectivity index (χ2n) is 5.66. The molecule has 0 aromatic heterocycles. The van der Waals surface area contributed by atoms with E-state index in [0.717, 1.165) is 24.9 Å². The molecule has 5 heteroatoms. The monoisotopic (exact) mass is 329 g/mol. The lowest BCUT2D eigenvalue weighted by atomic mass is 9.94. The fourth-order valence-electron chi connectivity index (χ4n) is 3.15. The highest BCUT2D eigenvalue weighted by atomic mass is 35.5. The van der Waals surface area contributed by atoms with Gasteiger partial charge in [0.1, 0.15) is 0 Å². The number of hydrogen-bond acceptors (Lipinski definition) is 2. The van der Waals surface area contributed by atoms with Crippen LogP contribution in [0.15, 0.2) is 18.2 Å². The second kappa shape index (κ2) is 7.48. The van der Waals surface area contributed by atoms with Crippen LogP contribution in [0.3, 0.4) is 0 Å². The van der Waals surface area contributed by atoms with Crippen LogP contribution < -0.4 is 0 Å². The molecule has 1 aliphatic heterocycles. The highest BCUT2D eigenvalue weighted by molar-refractivity contribution is 6.35. The lowest BCUT2D eigenvalue weighted by Crippen LogP contribution is -2.41. The van der Waals surface area contributed by atoms with Crippen LogP contribution in [0.2, 0.25) is 10.0 Å². The molecule has 1 aromatic carbocycles. The van der Waals surface area contributed by atoms with E-state index in [1.165, 1.54) is 6.42 Å². The molecule has 0 bridgehead atoms. The van der Waals surface area contributed by atoms with Crippen LogP contribution in [0, 0.1) is 0 Å². The molecule has 0 aliphatic carbocycles. The van der Waals surface area contributed by atoms with E-state index in [9.17, 15) is 4.79 Å². The third-order valence-corrected chi connectivity index (χ3v) is 4.84. The van der Waals surface area contributed by atoms with Crippen molar-refractivity contribution in [1.29, 1.82) is 0 Å². The molecule has 1 aliphatic rings. The molecule has 1 N–H and O–H groups in total. The summed E-state index contributed by atoms with van der Waals surface area (Å²) in [5, 5.41) is 10.2. The van der Waals surface area contributed by atoms with Gasteiger partial charge in [0.05, 0.1) is 0 Å². The van der Waals surface area contributed by atoms with E-state index < -0.39 is 5.97 Å². The maximum Gasteiger partial charge on any atom is 0.303 e. The number of carboxylic acid groups (broad SMARTS) is 1. The molecule has 0 saturated carbocycles. The van der Waals surface area contributed by atoms with Gasteiger partial charge in [-0.15, -0.1) is 0 Å². The summed E-state index contributed by atoms with van der Waals surface area (Å²) in [4.78, 5) is 13.2. The minimum Gasteiger partial charge on any atom is -0.481 e. The number of rotatable bonds is 5. The van der Waals surface area contributed by atoms with Gasteiger partial charge in [-0.05, 0) is 50.4 Å². The predicted molar refractivity (Wildman–Crippen MR) is 86.1 cm³/mol. The predicted octanol–water partition coefficient (Wildman–Crippen LogP) is 4.77. The highest BCUT2D eigenvalue weighted by Gasteiger charge is 2.28. The van der Waals surface area contributed by atoms with Crippen molar-refractivity contribution in [3.63, 3.8) is 0 Å². The third kappa shape index (κ3) is 4.35. The summed E-state index contributed by atoms with van der Waals surface area (Å²) in [6.07, 6.45) is 4.30. The Morgan fingerprint density at radius 3 is 2.86 bits per heavy atom. The van der Waals surface area contributed by atoms with Crippen molar-refractivity contribution >= 4 is 29.2 Å². The molecule has 1 heterocycles. The molecule has 0 radical (unpaired) electrons. The third-order valence-electron chi connectivity index (χ3n) is 4.27. The Labute approximate surface area is 135 Å². The Morgan fingerprint density at radius 1 is 1.43 bits per heavy atom. The van der Waals surface area contributed by atoms with Crippen molar-refractivity contribution in [2.45, 2.75) is 51.1 Å². The summed E-state index contributed by atoms with van der Waals surface area (Å²) < 4.78 is 0. The molecule has 2 unspecified atom stereocenters. The number of likely N-dealkylation sites (tertiary alicyclic amines) is 1. The lowest BCUT2D eigenvalue weighted by Gasteiger charge is -2.40. The van der Waals surface area contributed by atoms with Crippen LogP contribution in [0.1, 0.15) is 50.6 Å². The van der Waals surface area contributed by atoms with Gasteiger partial charge in [-0.2, -0.15) is 0 Å². The number of hydrogen-bond donors (Lipinski definition) is 1. The van der Waals surface area contributed by atoms with Gasteiger partial charge in [0, 0.05) is 28.5 Å². The maximum absolute atomic E-state index is 10.8. The van der Waals surface area contributed by atoms with Gasteiger partial charge in [0.2, 0.25) is 0 Å². The molecule has 3 nitrogen and oxygen atoms in total. The van der Waals surface area contributed by atoms with Crippen molar-refractivity contribution in [1.82, 2.24) is 4.90 Å². The van der Waals surface area contributed by atoms with Gasteiger partial charge in [0.15, 0.2) is 0 Å². The van der Waals surface area contributed by atoms with E-state index >= 15 is 0 Å². The molecular formula is C16H21Cl2NO2. The van der Waals surface area contributed by atoms with Crippen molar-refractivity contribution < 1.29 is 9.90 Å². The number of carbonyl (C=O) groups is 1. The lowest BCUT2D eigenvalue weighted by molar-refractivity contribution is -0.137. The van der Waals surface area contributed by atoms with Crippen LogP contribution in [0.25, 0.3) is 0 Å². The standard InChI is InChI=1S/C16H21Cl2NO2/c1-11(14-7-5-12(17)10-15(14)18)19-9-3-2-4-13(19)6-8-16(20)21/h5,7,10-11,13H,2-4,6,8-9H2,1H3,(H,20,21). The normalized spacial score (nSPS) is 21.2. The Morgan fingerprint density at radius 2 is 2.19 bits per heavy atom. The average Bonchev–Trinajstić information content (AvgIpc) is 2.45. The number of aliphatic carboxylic acids is 1. The minimum atomic E-state index is -0.724. The van der Waals surface area contributed by atoms with E-state index in [-0.39, 0.29) is 12.5 Å². The maximum atomic E-state index is 10.8. The number of benzene rings is 1. The minimum absolute atomic E-state index is 0.175. The molecule has 116 valence electrons. The van der Waals surface area contributed by atoms with E-state index in [2.05, 4.69) is 11.8 Å². The molecule has 2 rings (SSSR count). The van der Waals surface area contributed by atoms with E-state index in [4.69, 9.17) is 28.3 Å². The summed E-state index contributed by atoms with van der Waals surface area (Å²) in [6, 6.07) is 6.09. The van der Waals surface area contributed by atoms with Gasteiger partial charge < -0.3 is 5.11 Å². The zero-order valence-corrected chi connectivity index (χ0v) is 13.7. The zero-order chi connectivity index (χ0) is 15.4. The van der Waals surface area contributed by atoms with Gasteiger partial charge in [-0.1, -0.05) is 35.7 Å². The van der Waals surface area contributed by atoms with Crippen molar-refractivity contribution in [2.24, 2.45) is 0 Å². The summed E-state index contributed by atoms with van der Waals surface area (Å²) in [5.41, 5.74) is 1.06. The second-order valence-corrected chi connectivity index (χ2v) is 6.51. The van der Waals surface area contributed by atoms with Crippen molar-refractivity contribution in [3.05, 3.63) is 33.8 Å².